The molecule has 0 saturated carbocycles. The molecule has 3 aliphatic heterocycles. The predicted molar refractivity (Wildman–Crippen MR) is 171 cm³/mol. The quantitative estimate of drug-likeness (QED) is 0.268. The second-order valence-electron chi connectivity index (χ2n) is 13.1. The minimum absolute atomic E-state index is 0.0229. The highest BCUT2D eigenvalue weighted by Crippen LogP contribution is 2.40. The summed E-state index contributed by atoms with van der Waals surface area (Å²) in [5.74, 6) is -2.53. The average Bonchev–Trinajstić information content (AvgIpc) is 3.11. The maximum absolute atomic E-state index is 14.4. The maximum Gasteiger partial charge on any atom is 0.416 e. The lowest BCUT2D eigenvalue weighted by atomic mass is 9.74. The average molecular weight is 699 g/mol. The van der Waals surface area contributed by atoms with Crippen LogP contribution in [0.15, 0.2) is 42.5 Å². The largest absolute Gasteiger partial charge is 0.465 e. The Morgan fingerprint density at radius 3 is 2.44 bits per heavy atom. The molecule has 0 aromatic heterocycles. The number of alkyl halides is 3. The predicted octanol–water partition coefficient (Wildman–Crippen LogP) is 5.11. The van der Waals surface area contributed by atoms with E-state index in [-0.39, 0.29) is 67.1 Å². The SMILES string of the molecule is C[C@@H]1CC([C@H](c2ccc(F)cc2)[C@H](NC(=O)O)C(=O)Nc2cccc(C(F)(F)F)c2CC[C@H]2CN[C@@H]3CCCS(=O)(=O)N2C3)C[C@H](C)O1. The Kier molecular flexibility index (Phi) is 11.0. The van der Waals surface area contributed by atoms with Crippen molar-refractivity contribution in [3.8, 4) is 0 Å². The number of nitrogens with zero attached hydrogens (tertiary/aromatic N) is 1. The van der Waals surface area contributed by atoms with E-state index in [0.717, 1.165) is 12.1 Å². The van der Waals surface area contributed by atoms with Crippen molar-refractivity contribution in [2.45, 2.75) is 94.8 Å². The Morgan fingerprint density at radius 2 is 1.79 bits per heavy atom. The lowest BCUT2D eigenvalue weighted by Gasteiger charge is -2.40. The van der Waals surface area contributed by atoms with E-state index in [9.17, 15) is 40.7 Å². The zero-order valence-electron chi connectivity index (χ0n) is 26.8. The molecular weight excluding hydrogens is 656 g/mol. The first-order valence-electron chi connectivity index (χ1n) is 16.3. The molecule has 8 atom stereocenters. The van der Waals surface area contributed by atoms with E-state index in [0.29, 0.717) is 31.2 Å². The fraction of sp³-hybridized carbons (Fsp3) is 0.576. The van der Waals surface area contributed by atoms with Crippen LogP contribution in [-0.4, -0.2) is 79.0 Å². The molecule has 0 radical (unpaired) electrons. The lowest BCUT2D eigenvalue weighted by molar-refractivity contribution is -0.138. The second-order valence-corrected chi connectivity index (χ2v) is 15.2. The number of carbonyl (C=O) groups is 2. The number of ether oxygens (including phenoxy) is 1. The van der Waals surface area contributed by atoms with Crippen LogP contribution in [0.2, 0.25) is 0 Å². The standard InChI is InChI=1S/C33H42F4N4O6S/c1-19-15-22(16-20(2)47-19)29(21-8-10-23(34)11-9-21)30(40-32(43)44)31(42)39-28-7-3-6-27(33(35,36)37)26(28)13-12-25-17-38-24-5-4-14-48(45,46)41(25)18-24/h3,6-11,19-20,22,24-25,29-30,38,40H,4-5,12-18H2,1-2H3,(H,39,42)(H,43,44)/t19-,20+,22?,24-,25+,29+,30+/m1/s1. The van der Waals surface area contributed by atoms with Gasteiger partial charge in [-0.15, -0.1) is 0 Å². The van der Waals surface area contributed by atoms with E-state index in [1.807, 2.05) is 13.8 Å². The van der Waals surface area contributed by atoms with Gasteiger partial charge in [0.25, 0.3) is 0 Å². The number of fused-ring (bicyclic) bond motifs is 2. The number of rotatable bonds is 9. The van der Waals surface area contributed by atoms with Crippen molar-refractivity contribution in [1.82, 2.24) is 14.9 Å². The van der Waals surface area contributed by atoms with Crippen LogP contribution in [0.4, 0.5) is 28.0 Å². The molecular formula is C33H42F4N4O6S. The van der Waals surface area contributed by atoms with Gasteiger partial charge in [-0.2, -0.15) is 17.5 Å². The molecule has 3 saturated heterocycles. The topological polar surface area (TPSA) is 137 Å². The van der Waals surface area contributed by atoms with E-state index in [4.69, 9.17) is 4.74 Å². The Hall–Kier alpha value is -3.27. The van der Waals surface area contributed by atoms with Gasteiger partial charge in [-0.25, -0.2) is 17.6 Å². The highest BCUT2D eigenvalue weighted by atomic mass is 32.2. The molecule has 5 rings (SSSR count). The number of carbonyl (C=O) groups excluding carboxylic acids is 1. The van der Waals surface area contributed by atoms with Crippen molar-refractivity contribution in [3.05, 3.63) is 65.0 Å². The third-order valence-electron chi connectivity index (χ3n) is 9.65. The molecule has 48 heavy (non-hydrogen) atoms. The van der Waals surface area contributed by atoms with Crippen LogP contribution < -0.4 is 16.0 Å². The summed E-state index contributed by atoms with van der Waals surface area (Å²) < 4.78 is 90.3. The van der Waals surface area contributed by atoms with Crippen LogP contribution >= 0.6 is 0 Å². The van der Waals surface area contributed by atoms with Gasteiger partial charge in [0.05, 0.1) is 23.5 Å². The van der Waals surface area contributed by atoms with Crippen molar-refractivity contribution in [2.75, 3.05) is 24.2 Å². The molecule has 3 heterocycles. The smallest absolute Gasteiger partial charge is 0.416 e. The number of carboxylic acid groups (broad SMARTS) is 1. The first kappa shape index (κ1) is 36.0. The molecule has 2 bridgehead atoms. The van der Waals surface area contributed by atoms with Crippen molar-refractivity contribution >= 4 is 27.7 Å². The van der Waals surface area contributed by atoms with Gasteiger partial charge in [-0.05, 0) is 93.7 Å². The lowest BCUT2D eigenvalue weighted by Crippen LogP contribution is -2.57. The van der Waals surface area contributed by atoms with Crippen LogP contribution in [0.3, 0.4) is 0 Å². The fourth-order valence-corrected chi connectivity index (χ4v) is 9.44. The number of benzene rings is 2. The molecule has 0 spiro atoms. The molecule has 2 unspecified atom stereocenters. The minimum atomic E-state index is -4.79. The van der Waals surface area contributed by atoms with Crippen molar-refractivity contribution in [1.29, 1.82) is 0 Å². The van der Waals surface area contributed by atoms with Gasteiger partial charge >= 0.3 is 12.3 Å². The highest BCUT2D eigenvalue weighted by molar-refractivity contribution is 7.89. The van der Waals surface area contributed by atoms with E-state index in [1.165, 1.54) is 34.6 Å². The van der Waals surface area contributed by atoms with Crippen molar-refractivity contribution in [3.63, 3.8) is 0 Å². The number of piperazine rings is 1. The Labute approximate surface area is 277 Å². The van der Waals surface area contributed by atoms with Crippen molar-refractivity contribution in [2.24, 2.45) is 5.92 Å². The molecule has 0 aliphatic carbocycles. The first-order chi connectivity index (χ1) is 22.6. The zero-order valence-corrected chi connectivity index (χ0v) is 27.6. The van der Waals surface area contributed by atoms with E-state index in [2.05, 4.69) is 16.0 Å². The van der Waals surface area contributed by atoms with Gasteiger partial charge in [-0.1, -0.05) is 18.2 Å². The second kappa shape index (κ2) is 14.7. The van der Waals surface area contributed by atoms with Gasteiger partial charge < -0.3 is 25.8 Å². The van der Waals surface area contributed by atoms with Gasteiger partial charge in [0.15, 0.2) is 0 Å². The van der Waals surface area contributed by atoms with Gasteiger partial charge in [0.2, 0.25) is 15.9 Å². The number of amides is 2. The maximum atomic E-state index is 14.4. The fourth-order valence-electron chi connectivity index (χ4n) is 7.63. The summed E-state index contributed by atoms with van der Waals surface area (Å²) in [4.78, 5) is 26.2. The normalized spacial score (nSPS) is 28.5. The third-order valence-corrected chi connectivity index (χ3v) is 11.6. The van der Waals surface area contributed by atoms with Crippen LogP contribution in [0, 0.1) is 11.7 Å². The Bertz CT molecular complexity index is 1560. The third kappa shape index (κ3) is 8.47. The van der Waals surface area contributed by atoms with Gasteiger partial charge in [0.1, 0.15) is 11.9 Å². The molecule has 15 heteroatoms. The van der Waals surface area contributed by atoms with Crippen LogP contribution in [-0.2, 0) is 32.2 Å². The number of hydrogen-bond acceptors (Lipinski definition) is 6. The minimum Gasteiger partial charge on any atom is -0.465 e. The molecule has 2 amide bonds. The molecule has 2 aromatic carbocycles. The molecule has 2 aromatic rings. The Balaban J connectivity index is 1.48. The first-order valence-corrected chi connectivity index (χ1v) is 17.9. The van der Waals surface area contributed by atoms with E-state index >= 15 is 0 Å². The summed E-state index contributed by atoms with van der Waals surface area (Å²) in [5.41, 5.74) is -0.874. The van der Waals surface area contributed by atoms with Crippen LogP contribution in [0.5, 0.6) is 0 Å². The monoisotopic (exact) mass is 698 g/mol. The van der Waals surface area contributed by atoms with Gasteiger partial charge in [0, 0.05) is 36.8 Å². The summed E-state index contributed by atoms with van der Waals surface area (Å²) in [6.07, 6.45) is -4.79. The number of sulfonamides is 1. The van der Waals surface area contributed by atoms with E-state index in [1.54, 1.807) is 0 Å². The molecule has 4 N–H and O–H groups in total. The number of nitrogens with one attached hydrogen (secondary N) is 3. The van der Waals surface area contributed by atoms with Gasteiger partial charge in [-0.3, -0.25) is 4.79 Å². The number of anilines is 1. The van der Waals surface area contributed by atoms with Crippen molar-refractivity contribution < 1.29 is 45.4 Å². The summed E-state index contributed by atoms with van der Waals surface area (Å²) >= 11 is 0. The molecule has 3 fully saturated rings. The van der Waals surface area contributed by atoms with Crippen LogP contribution in [0.25, 0.3) is 0 Å². The number of halogens is 4. The summed E-state index contributed by atoms with van der Waals surface area (Å²) in [5, 5.41) is 18.0. The highest BCUT2D eigenvalue weighted by Gasteiger charge is 2.42. The summed E-state index contributed by atoms with van der Waals surface area (Å²) in [6, 6.07) is 6.69. The molecule has 10 nitrogen and oxygen atoms in total. The molecule has 3 aliphatic rings. The number of hydrogen-bond donors (Lipinski definition) is 4. The van der Waals surface area contributed by atoms with E-state index < -0.39 is 57.6 Å². The Morgan fingerprint density at radius 1 is 1.10 bits per heavy atom. The van der Waals surface area contributed by atoms with Crippen LogP contribution in [0.1, 0.15) is 68.6 Å². The molecule has 264 valence electrons. The zero-order chi connectivity index (χ0) is 34.8. The summed E-state index contributed by atoms with van der Waals surface area (Å²) in [7, 11) is -3.59. The summed E-state index contributed by atoms with van der Waals surface area (Å²) in [6.45, 7) is 4.25.